The second kappa shape index (κ2) is 5.01. The lowest BCUT2D eigenvalue weighted by Gasteiger charge is -2.18. The van der Waals surface area contributed by atoms with Gasteiger partial charge in [-0.05, 0) is 36.0 Å². The zero-order valence-corrected chi connectivity index (χ0v) is 8.77. The Morgan fingerprint density at radius 1 is 1.29 bits per heavy atom. The number of hydrogen-bond donors (Lipinski definition) is 2. The first-order valence-electron chi connectivity index (χ1n) is 5.02. The molecule has 0 heterocycles. The maximum Gasteiger partial charge on any atom is 0.115 e. The van der Waals surface area contributed by atoms with Crippen LogP contribution in [0.4, 0.5) is 0 Å². The van der Waals surface area contributed by atoms with Crippen LogP contribution in [0.2, 0.25) is 0 Å². The monoisotopic (exact) mass is 194 g/mol. The summed E-state index contributed by atoms with van der Waals surface area (Å²) in [5.41, 5.74) is 1.08. The molecular formula is C12H18O2. The minimum absolute atomic E-state index is 0.202. The molecule has 14 heavy (non-hydrogen) atoms. The van der Waals surface area contributed by atoms with Crippen LogP contribution in [0.5, 0.6) is 5.75 Å². The summed E-state index contributed by atoms with van der Waals surface area (Å²) in [7, 11) is 0. The molecule has 0 bridgehead atoms. The molecule has 2 nitrogen and oxygen atoms in total. The van der Waals surface area contributed by atoms with Gasteiger partial charge in [0, 0.05) is 6.61 Å². The summed E-state index contributed by atoms with van der Waals surface area (Å²) >= 11 is 0. The minimum Gasteiger partial charge on any atom is -0.508 e. The van der Waals surface area contributed by atoms with Gasteiger partial charge < -0.3 is 10.2 Å². The van der Waals surface area contributed by atoms with E-state index in [4.69, 9.17) is 5.11 Å². The third-order valence-electron chi connectivity index (χ3n) is 2.59. The molecule has 0 saturated heterocycles. The van der Waals surface area contributed by atoms with Gasteiger partial charge in [-0.15, -0.1) is 0 Å². The maximum atomic E-state index is 9.27. The lowest BCUT2D eigenvalue weighted by atomic mass is 9.90. The number of phenolic OH excluding ortho intramolecular Hbond substituents is 1. The van der Waals surface area contributed by atoms with Gasteiger partial charge in [0.05, 0.1) is 0 Å². The molecule has 0 aliphatic rings. The minimum atomic E-state index is 0.202. The summed E-state index contributed by atoms with van der Waals surface area (Å²) in [6, 6.07) is 7.22. The van der Waals surface area contributed by atoms with Crippen molar-refractivity contribution in [3.63, 3.8) is 0 Å². The highest BCUT2D eigenvalue weighted by Gasteiger charge is 2.12. The highest BCUT2D eigenvalue weighted by Crippen LogP contribution is 2.19. The summed E-state index contributed by atoms with van der Waals surface area (Å²) < 4.78 is 0. The zero-order valence-electron chi connectivity index (χ0n) is 8.77. The number of aromatic hydroxyl groups is 1. The Morgan fingerprint density at radius 2 is 2.00 bits per heavy atom. The first-order valence-corrected chi connectivity index (χ1v) is 5.02. The van der Waals surface area contributed by atoms with Crippen LogP contribution >= 0.6 is 0 Å². The van der Waals surface area contributed by atoms with Crippen LogP contribution in [0.25, 0.3) is 0 Å². The Bertz CT molecular complexity index is 281. The molecule has 1 rings (SSSR count). The van der Waals surface area contributed by atoms with Crippen molar-refractivity contribution in [1.82, 2.24) is 0 Å². The fraction of sp³-hybridized carbons (Fsp3) is 0.500. The molecule has 2 N–H and O–H groups in total. The third kappa shape index (κ3) is 3.04. The van der Waals surface area contributed by atoms with Gasteiger partial charge in [-0.1, -0.05) is 26.0 Å². The van der Waals surface area contributed by atoms with Gasteiger partial charge in [-0.25, -0.2) is 0 Å². The van der Waals surface area contributed by atoms with Crippen molar-refractivity contribution in [2.75, 3.05) is 6.61 Å². The van der Waals surface area contributed by atoms with E-state index in [1.807, 2.05) is 12.1 Å². The topological polar surface area (TPSA) is 40.5 Å². The Kier molecular flexibility index (Phi) is 3.96. The summed E-state index contributed by atoms with van der Waals surface area (Å²) in [5.74, 6) is 1.03. The number of phenols is 1. The molecule has 1 atom stereocenters. The predicted molar refractivity (Wildman–Crippen MR) is 57.2 cm³/mol. The summed E-state index contributed by atoms with van der Waals surface area (Å²) in [5, 5.41) is 18.4. The normalized spacial score (nSPS) is 13.1. The molecule has 0 aromatic heterocycles. The summed E-state index contributed by atoms with van der Waals surface area (Å²) in [6.45, 7) is 4.40. The molecule has 0 aliphatic carbocycles. The molecule has 1 aromatic carbocycles. The van der Waals surface area contributed by atoms with Crippen LogP contribution in [-0.2, 0) is 6.42 Å². The molecule has 0 spiro atoms. The van der Waals surface area contributed by atoms with E-state index in [-0.39, 0.29) is 12.5 Å². The fourth-order valence-corrected chi connectivity index (χ4v) is 1.50. The lowest BCUT2D eigenvalue weighted by molar-refractivity contribution is 0.189. The van der Waals surface area contributed by atoms with E-state index in [1.54, 1.807) is 12.1 Å². The van der Waals surface area contributed by atoms with E-state index < -0.39 is 0 Å². The van der Waals surface area contributed by atoms with Crippen LogP contribution in [0.1, 0.15) is 19.4 Å². The Morgan fingerprint density at radius 3 is 2.50 bits per heavy atom. The SMILES string of the molecule is CC(C)C(CO)Cc1cccc(O)c1. The molecule has 0 fully saturated rings. The lowest BCUT2D eigenvalue weighted by Crippen LogP contribution is -2.16. The van der Waals surface area contributed by atoms with Gasteiger partial charge in [-0.3, -0.25) is 0 Å². The average molecular weight is 194 g/mol. The summed E-state index contributed by atoms with van der Waals surface area (Å²) in [6.07, 6.45) is 0.822. The van der Waals surface area contributed by atoms with Crippen molar-refractivity contribution in [1.29, 1.82) is 0 Å². The number of aliphatic hydroxyl groups is 1. The largest absolute Gasteiger partial charge is 0.508 e. The predicted octanol–water partition coefficient (Wildman–Crippen LogP) is 2.20. The molecule has 0 saturated carbocycles. The van der Waals surface area contributed by atoms with Gasteiger partial charge in [0.1, 0.15) is 5.75 Å². The van der Waals surface area contributed by atoms with E-state index in [1.165, 1.54) is 0 Å². The van der Waals surface area contributed by atoms with E-state index >= 15 is 0 Å². The van der Waals surface area contributed by atoms with Gasteiger partial charge >= 0.3 is 0 Å². The van der Waals surface area contributed by atoms with Crippen LogP contribution in [-0.4, -0.2) is 16.8 Å². The number of rotatable bonds is 4. The molecule has 78 valence electrons. The standard InChI is InChI=1S/C12H18O2/c1-9(2)11(8-13)6-10-4-3-5-12(14)7-10/h3-5,7,9,11,13-14H,6,8H2,1-2H3. The van der Waals surface area contributed by atoms with Crippen molar-refractivity contribution >= 4 is 0 Å². The van der Waals surface area contributed by atoms with Gasteiger partial charge in [0.25, 0.3) is 0 Å². The smallest absolute Gasteiger partial charge is 0.115 e. The van der Waals surface area contributed by atoms with Crippen molar-refractivity contribution in [3.8, 4) is 5.75 Å². The van der Waals surface area contributed by atoms with E-state index in [0.29, 0.717) is 11.7 Å². The molecule has 0 aliphatic heterocycles. The first kappa shape index (κ1) is 11.1. The van der Waals surface area contributed by atoms with E-state index in [2.05, 4.69) is 13.8 Å². The molecule has 0 radical (unpaired) electrons. The average Bonchev–Trinajstić information content (AvgIpc) is 2.14. The van der Waals surface area contributed by atoms with Crippen molar-refractivity contribution in [2.24, 2.45) is 11.8 Å². The summed E-state index contributed by atoms with van der Waals surface area (Å²) in [4.78, 5) is 0. The Balaban J connectivity index is 2.67. The Hall–Kier alpha value is -1.02. The number of aliphatic hydroxyl groups excluding tert-OH is 1. The second-order valence-electron chi connectivity index (χ2n) is 4.06. The van der Waals surface area contributed by atoms with Crippen molar-refractivity contribution in [2.45, 2.75) is 20.3 Å². The van der Waals surface area contributed by atoms with Crippen molar-refractivity contribution < 1.29 is 10.2 Å². The third-order valence-corrected chi connectivity index (χ3v) is 2.59. The molecule has 1 aromatic rings. The highest BCUT2D eigenvalue weighted by molar-refractivity contribution is 5.27. The molecule has 0 amide bonds. The second-order valence-corrected chi connectivity index (χ2v) is 4.06. The van der Waals surface area contributed by atoms with Crippen LogP contribution < -0.4 is 0 Å². The maximum absolute atomic E-state index is 9.27. The molecule has 1 unspecified atom stereocenters. The highest BCUT2D eigenvalue weighted by atomic mass is 16.3. The van der Waals surface area contributed by atoms with Gasteiger partial charge in [0.15, 0.2) is 0 Å². The zero-order chi connectivity index (χ0) is 10.6. The first-order chi connectivity index (χ1) is 6.63. The van der Waals surface area contributed by atoms with Crippen LogP contribution in [0.3, 0.4) is 0 Å². The fourth-order valence-electron chi connectivity index (χ4n) is 1.50. The molecular weight excluding hydrogens is 176 g/mol. The number of hydrogen-bond acceptors (Lipinski definition) is 2. The van der Waals surface area contributed by atoms with Gasteiger partial charge in [0.2, 0.25) is 0 Å². The van der Waals surface area contributed by atoms with Crippen LogP contribution in [0, 0.1) is 11.8 Å². The van der Waals surface area contributed by atoms with Gasteiger partial charge in [-0.2, -0.15) is 0 Å². The Labute approximate surface area is 85.2 Å². The van der Waals surface area contributed by atoms with Crippen LogP contribution in [0.15, 0.2) is 24.3 Å². The van der Waals surface area contributed by atoms with E-state index in [0.717, 1.165) is 12.0 Å². The molecule has 2 heteroatoms. The number of benzene rings is 1. The quantitative estimate of drug-likeness (QED) is 0.771. The van der Waals surface area contributed by atoms with Crippen molar-refractivity contribution in [3.05, 3.63) is 29.8 Å². The van der Waals surface area contributed by atoms with E-state index in [9.17, 15) is 5.11 Å².